The van der Waals surface area contributed by atoms with Crippen LogP contribution in [0.25, 0.3) is 10.9 Å². The van der Waals surface area contributed by atoms with Crippen molar-refractivity contribution in [2.75, 3.05) is 38.5 Å². The van der Waals surface area contributed by atoms with Gasteiger partial charge in [0.25, 0.3) is 5.91 Å². The first-order chi connectivity index (χ1) is 13.5. The normalized spacial score (nSPS) is 23.6. The van der Waals surface area contributed by atoms with Gasteiger partial charge in [-0.1, -0.05) is 6.92 Å². The molecule has 8 heteroatoms. The van der Waals surface area contributed by atoms with E-state index in [2.05, 4.69) is 26.8 Å². The maximum atomic E-state index is 12.9. The van der Waals surface area contributed by atoms with Crippen molar-refractivity contribution in [3.05, 3.63) is 23.1 Å². The molecule has 1 amide bonds. The van der Waals surface area contributed by atoms with E-state index in [1.54, 1.807) is 0 Å². The summed E-state index contributed by atoms with van der Waals surface area (Å²) >= 11 is 6.71. The molecular formula is C20H27N5OS2. The Labute approximate surface area is 175 Å². The Hall–Kier alpha value is -1.77. The van der Waals surface area contributed by atoms with Gasteiger partial charge in [0.15, 0.2) is 5.11 Å². The summed E-state index contributed by atoms with van der Waals surface area (Å²) < 4.78 is 4.50. The van der Waals surface area contributed by atoms with Crippen LogP contribution in [0.15, 0.2) is 18.2 Å². The molecule has 1 atom stereocenters. The molecule has 0 spiro atoms. The molecule has 150 valence electrons. The number of carbonyl (C=O) groups excluding carboxylic acids is 1. The second-order valence-corrected chi connectivity index (χ2v) is 8.97. The number of thiocarbonyl (C=S) groups is 1. The summed E-state index contributed by atoms with van der Waals surface area (Å²) in [5.41, 5.74) is 1.73. The van der Waals surface area contributed by atoms with Crippen molar-refractivity contribution in [3.63, 3.8) is 0 Å². The monoisotopic (exact) mass is 417 g/mol. The quantitative estimate of drug-likeness (QED) is 0.729. The lowest BCUT2D eigenvalue weighted by Gasteiger charge is -2.44. The topological polar surface area (TPSA) is 60.5 Å². The smallest absolute Gasteiger partial charge is 0.263 e. The van der Waals surface area contributed by atoms with Crippen molar-refractivity contribution < 1.29 is 4.79 Å². The zero-order chi connectivity index (χ0) is 19.7. The lowest BCUT2D eigenvalue weighted by atomic mass is 9.84. The molecule has 3 aliphatic heterocycles. The van der Waals surface area contributed by atoms with Crippen molar-refractivity contribution in [1.82, 2.24) is 19.5 Å². The molecule has 2 aromatic rings. The van der Waals surface area contributed by atoms with E-state index in [1.165, 1.54) is 37.5 Å². The van der Waals surface area contributed by atoms with E-state index in [-0.39, 0.29) is 11.9 Å². The fourth-order valence-corrected chi connectivity index (χ4v) is 5.17. The molecule has 3 aliphatic rings. The fraction of sp³-hybridized carbons (Fsp3) is 0.550. The molecule has 0 aliphatic carbocycles. The second-order valence-electron chi connectivity index (χ2n) is 7.81. The molecule has 0 unspecified atom stereocenters. The Kier molecular flexibility index (Phi) is 5.80. The number of nitrogens with one attached hydrogen (secondary N) is 2. The number of amides is 1. The first-order valence-electron chi connectivity index (χ1n) is 10.00. The molecule has 3 fully saturated rings. The largest absolute Gasteiger partial charge is 0.352 e. The summed E-state index contributed by atoms with van der Waals surface area (Å²) in [6, 6.07) is 6.16. The molecule has 5 rings (SSSR count). The van der Waals surface area contributed by atoms with Crippen LogP contribution in [0.5, 0.6) is 0 Å². The summed E-state index contributed by atoms with van der Waals surface area (Å²) in [6.07, 6.45) is 3.42. The standard InChI is InChI=1S/C20H27N5OS2/c1-3-8-24(2)20(27)21-14-4-5-15-16(11-14)23-28-18(15)19(26)22-17-12-25-9-6-13(17)7-10-25/h4-5,11,13,17H,3,6-10,12H2,1-2H3,(H,21,27)(H,22,26)/t17-/m1/s1. The van der Waals surface area contributed by atoms with Crippen molar-refractivity contribution in [2.24, 2.45) is 5.92 Å². The SMILES string of the molecule is CCCN(C)C(=S)Nc1ccc2c(C(=O)N[C@@H]3CN4CCC3CC4)snc2c1. The summed E-state index contributed by atoms with van der Waals surface area (Å²) in [6.45, 7) is 6.36. The number of hydrogen-bond acceptors (Lipinski definition) is 5. The average molecular weight is 418 g/mol. The molecule has 4 heterocycles. The van der Waals surface area contributed by atoms with Gasteiger partial charge in [-0.2, -0.15) is 4.37 Å². The van der Waals surface area contributed by atoms with E-state index < -0.39 is 0 Å². The van der Waals surface area contributed by atoms with E-state index in [0.717, 1.165) is 36.1 Å². The Morgan fingerprint density at radius 2 is 2.18 bits per heavy atom. The zero-order valence-electron chi connectivity index (χ0n) is 16.4. The number of hydrogen-bond donors (Lipinski definition) is 2. The van der Waals surface area contributed by atoms with E-state index in [9.17, 15) is 4.79 Å². The molecule has 3 saturated heterocycles. The minimum atomic E-state index is 0.00478. The summed E-state index contributed by atoms with van der Waals surface area (Å²) in [5, 5.41) is 8.12. The number of benzene rings is 1. The lowest BCUT2D eigenvalue weighted by molar-refractivity contribution is 0.0623. The Morgan fingerprint density at radius 3 is 2.86 bits per heavy atom. The fourth-order valence-electron chi connectivity index (χ4n) is 4.20. The van der Waals surface area contributed by atoms with Gasteiger partial charge in [-0.3, -0.25) is 4.79 Å². The Balaban J connectivity index is 1.45. The van der Waals surface area contributed by atoms with Crippen molar-refractivity contribution in [2.45, 2.75) is 32.2 Å². The van der Waals surface area contributed by atoms with Crippen LogP contribution < -0.4 is 10.6 Å². The lowest BCUT2D eigenvalue weighted by Crippen LogP contribution is -2.57. The third-order valence-corrected chi connectivity index (χ3v) is 7.10. The van der Waals surface area contributed by atoms with Crippen LogP contribution in [0.1, 0.15) is 35.9 Å². The highest BCUT2D eigenvalue weighted by Crippen LogP contribution is 2.29. The van der Waals surface area contributed by atoms with Gasteiger partial charge < -0.3 is 20.4 Å². The number of fused-ring (bicyclic) bond motifs is 4. The zero-order valence-corrected chi connectivity index (χ0v) is 18.0. The van der Waals surface area contributed by atoms with Crippen LogP contribution in [0.2, 0.25) is 0 Å². The van der Waals surface area contributed by atoms with Crippen molar-refractivity contribution in [1.29, 1.82) is 0 Å². The van der Waals surface area contributed by atoms with Crippen LogP contribution in [-0.2, 0) is 0 Å². The van der Waals surface area contributed by atoms with E-state index in [0.29, 0.717) is 15.9 Å². The maximum absolute atomic E-state index is 12.9. The van der Waals surface area contributed by atoms with E-state index >= 15 is 0 Å². The van der Waals surface area contributed by atoms with Crippen LogP contribution in [0.3, 0.4) is 0 Å². The Morgan fingerprint density at radius 1 is 1.39 bits per heavy atom. The van der Waals surface area contributed by atoms with Crippen LogP contribution in [-0.4, -0.2) is 64.5 Å². The van der Waals surface area contributed by atoms with Crippen molar-refractivity contribution in [3.8, 4) is 0 Å². The molecule has 2 N–H and O–H groups in total. The van der Waals surface area contributed by atoms with Gasteiger partial charge in [-0.05, 0) is 80.2 Å². The van der Waals surface area contributed by atoms with Gasteiger partial charge in [0.05, 0.1) is 5.52 Å². The second kappa shape index (κ2) is 8.31. The summed E-state index contributed by atoms with van der Waals surface area (Å²) in [7, 11) is 1.98. The molecule has 28 heavy (non-hydrogen) atoms. The van der Waals surface area contributed by atoms with Gasteiger partial charge in [-0.15, -0.1) is 0 Å². The molecule has 2 bridgehead atoms. The molecule has 1 aromatic heterocycles. The number of piperidine rings is 3. The van der Waals surface area contributed by atoms with Gasteiger partial charge in [0.1, 0.15) is 4.88 Å². The number of aromatic nitrogens is 1. The molecule has 1 aromatic carbocycles. The minimum absolute atomic E-state index is 0.00478. The number of rotatable bonds is 5. The summed E-state index contributed by atoms with van der Waals surface area (Å²) in [4.78, 5) is 18.1. The van der Waals surface area contributed by atoms with Crippen LogP contribution >= 0.6 is 23.8 Å². The summed E-state index contributed by atoms with van der Waals surface area (Å²) in [5.74, 6) is 0.621. The third-order valence-electron chi connectivity index (χ3n) is 5.81. The molecule has 0 saturated carbocycles. The van der Waals surface area contributed by atoms with Crippen LogP contribution in [0, 0.1) is 5.92 Å². The highest BCUT2D eigenvalue weighted by molar-refractivity contribution is 7.80. The predicted octanol–water partition coefficient (Wildman–Crippen LogP) is 3.16. The van der Waals surface area contributed by atoms with Crippen molar-refractivity contribution >= 4 is 51.4 Å². The highest BCUT2D eigenvalue weighted by Gasteiger charge is 2.35. The average Bonchev–Trinajstić information content (AvgIpc) is 3.12. The molecule has 6 nitrogen and oxygen atoms in total. The van der Waals surface area contributed by atoms with Gasteiger partial charge >= 0.3 is 0 Å². The number of carbonyl (C=O) groups is 1. The maximum Gasteiger partial charge on any atom is 0.263 e. The number of nitrogens with zero attached hydrogens (tertiary/aromatic N) is 3. The van der Waals surface area contributed by atoms with E-state index in [1.807, 2.05) is 30.1 Å². The minimum Gasteiger partial charge on any atom is -0.352 e. The van der Waals surface area contributed by atoms with Gasteiger partial charge in [0.2, 0.25) is 0 Å². The Bertz CT molecular complexity index is 875. The van der Waals surface area contributed by atoms with Gasteiger partial charge in [0, 0.05) is 37.3 Å². The first kappa shape index (κ1) is 19.5. The van der Waals surface area contributed by atoms with Crippen LogP contribution in [0.4, 0.5) is 5.69 Å². The molecular weight excluding hydrogens is 390 g/mol. The van der Waals surface area contributed by atoms with E-state index in [4.69, 9.17) is 12.2 Å². The highest BCUT2D eigenvalue weighted by atomic mass is 32.1. The molecule has 0 radical (unpaired) electrons. The van der Waals surface area contributed by atoms with Gasteiger partial charge in [-0.25, -0.2) is 0 Å². The first-order valence-corrected chi connectivity index (χ1v) is 11.2. The predicted molar refractivity (Wildman–Crippen MR) is 119 cm³/mol. The third kappa shape index (κ3) is 3.99. The number of anilines is 1.